The van der Waals surface area contributed by atoms with Crippen LogP contribution in [-0.4, -0.2) is 5.78 Å². The van der Waals surface area contributed by atoms with Crippen molar-refractivity contribution in [3.8, 4) is 0 Å². The highest BCUT2D eigenvalue weighted by molar-refractivity contribution is 6.09. The molecule has 0 N–H and O–H groups in total. The lowest BCUT2D eigenvalue weighted by Gasteiger charge is -2.06. The van der Waals surface area contributed by atoms with E-state index in [0.717, 1.165) is 5.39 Å². The van der Waals surface area contributed by atoms with Gasteiger partial charge in [-0.2, -0.15) is 0 Å². The standard InChI is InChI=1S/C17H12O3/c1-11-13-9-5-6-10-14(13)17(19)20-16(11)15(18)12-7-3-2-4-8-12/h2-10H,1H3. The molecule has 3 aromatic rings. The van der Waals surface area contributed by atoms with Gasteiger partial charge in [0.25, 0.3) is 0 Å². The Hall–Kier alpha value is -2.68. The molecule has 2 aromatic carbocycles. The van der Waals surface area contributed by atoms with Gasteiger partial charge in [0.1, 0.15) is 0 Å². The van der Waals surface area contributed by atoms with Crippen LogP contribution in [0.3, 0.4) is 0 Å². The molecule has 0 fully saturated rings. The van der Waals surface area contributed by atoms with Crippen LogP contribution >= 0.6 is 0 Å². The van der Waals surface area contributed by atoms with Crippen molar-refractivity contribution in [2.24, 2.45) is 0 Å². The normalized spacial score (nSPS) is 10.7. The van der Waals surface area contributed by atoms with Gasteiger partial charge in [0.05, 0.1) is 5.39 Å². The summed E-state index contributed by atoms with van der Waals surface area (Å²) in [5.74, 6) is -0.161. The molecule has 20 heavy (non-hydrogen) atoms. The van der Waals surface area contributed by atoms with E-state index < -0.39 is 5.63 Å². The second-order valence-electron chi connectivity index (χ2n) is 4.58. The van der Waals surface area contributed by atoms with Gasteiger partial charge in [-0.25, -0.2) is 4.79 Å². The topological polar surface area (TPSA) is 47.3 Å². The molecule has 3 heteroatoms. The highest BCUT2D eigenvalue weighted by atomic mass is 16.4. The van der Waals surface area contributed by atoms with E-state index in [1.165, 1.54) is 0 Å². The van der Waals surface area contributed by atoms with Gasteiger partial charge in [-0.05, 0) is 18.4 Å². The second-order valence-corrected chi connectivity index (χ2v) is 4.58. The fraction of sp³-hybridized carbons (Fsp3) is 0.0588. The van der Waals surface area contributed by atoms with E-state index in [-0.39, 0.29) is 11.5 Å². The highest BCUT2D eigenvalue weighted by Crippen LogP contribution is 2.20. The Bertz CT molecular complexity index is 845. The van der Waals surface area contributed by atoms with Crippen molar-refractivity contribution in [2.45, 2.75) is 6.92 Å². The fourth-order valence-electron chi connectivity index (χ4n) is 2.27. The molecule has 0 atom stereocenters. The van der Waals surface area contributed by atoms with Crippen molar-refractivity contribution in [3.05, 3.63) is 81.9 Å². The minimum atomic E-state index is -0.481. The van der Waals surface area contributed by atoms with E-state index in [1.807, 2.05) is 18.2 Å². The zero-order valence-electron chi connectivity index (χ0n) is 10.9. The molecule has 0 unspecified atom stereocenters. The molecule has 0 aliphatic heterocycles. The maximum atomic E-state index is 12.4. The largest absolute Gasteiger partial charge is 0.418 e. The molecular formula is C17H12O3. The molecule has 0 radical (unpaired) electrons. The molecule has 0 aliphatic rings. The number of benzene rings is 2. The minimum absolute atomic E-state index is 0.111. The monoisotopic (exact) mass is 264 g/mol. The lowest BCUT2D eigenvalue weighted by Crippen LogP contribution is -2.10. The third kappa shape index (κ3) is 1.93. The van der Waals surface area contributed by atoms with Crippen molar-refractivity contribution in [2.75, 3.05) is 0 Å². The molecule has 0 amide bonds. The van der Waals surface area contributed by atoms with E-state index in [9.17, 15) is 9.59 Å². The first kappa shape index (κ1) is 12.4. The Morgan fingerprint density at radius 2 is 1.50 bits per heavy atom. The third-order valence-electron chi connectivity index (χ3n) is 3.33. The van der Waals surface area contributed by atoms with Crippen molar-refractivity contribution in [1.29, 1.82) is 0 Å². The van der Waals surface area contributed by atoms with Crippen LogP contribution < -0.4 is 5.63 Å². The Morgan fingerprint density at radius 3 is 2.20 bits per heavy atom. The van der Waals surface area contributed by atoms with Gasteiger partial charge in [0.2, 0.25) is 5.78 Å². The van der Waals surface area contributed by atoms with Crippen LogP contribution in [-0.2, 0) is 0 Å². The number of carbonyl (C=O) groups excluding carboxylic acids is 1. The average Bonchev–Trinajstić information content (AvgIpc) is 2.51. The maximum Gasteiger partial charge on any atom is 0.344 e. The van der Waals surface area contributed by atoms with Crippen molar-refractivity contribution < 1.29 is 9.21 Å². The zero-order chi connectivity index (χ0) is 14.1. The van der Waals surface area contributed by atoms with E-state index >= 15 is 0 Å². The third-order valence-corrected chi connectivity index (χ3v) is 3.33. The van der Waals surface area contributed by atoms with Crippen LogP contribution in [0.5, 0.6) is 0 Å². The van der Waals surface area contributed by atoms with Crippen molar-refractivity contribution in [1.82, 2.24) is 0 Å². The molecule has 0 aliphatic carbocycles. The summed E-state index contributed by atoms with van der Waals surface area (Å²) in [5, 5.41) is 1.25. The fourth-order valence-corrected chi connectivity index (χ4v) is 2.27. The number of hydrogen-bond donors (Lipinski definition) is 0. The molecule has 1 aromatic heterocycles. The molecule has 0 saturated carbocycles. The van der Waals surface area contributed by atoms with Gasteiger partial charge in [0, 0.05) is 11.1 Å². The Balaban J connectivity index is 2.25. The van der Waals surface area contributed by atoms with E-state index in [4.69, 9.17) is 4.42 Å². The first-order chi connectivity index (χ1) is 9.68. The number of carbonyl (C=O) groups is 1. The molecule has 0 bridgehead atoms. The maximum absolute atomic E-state index is 12.4. The second kappa shape index (κ2) is 4.78. The van der Waals surface area contributed by atoms with E-state index in [0.29, 0.717) is 16.5 Å². The average molecular weight is 264 g/mol. The Kier molecular flexibility index (Phi) is 2.95. The summed E-state index contributed by atoms with van der Waals surface area (Å²) < 4.78 is 5.23. The van der Waals surface area contributed by atoms with Gasteiger partial charge >= 0.3 is 5.63 Å². The molecule has 3 rings (SSSR count). The van der Waals surface area contributed by atoms with Gasteiger partial charge in [-0.1, -0.05) is 48.5 Å². The summed E-state index contributed by atoms with van der Waals surface area (Å²) in [6.07, 6.45) is 0. The van der Waals surface area contributed by atoms with Gasteiger partial charge < -0.3 is 4.42 Å². The van der Waals surface area contributed by atoms with E-state index in [2.05, 4.69) is 0 Å². The molecule has 0 spiro atoms. The SMILES string of the molecule is Cc1c(C(=O)c2ccccc2)oc(=O)c2ccccc12. The van der Waals surface area contributed by atoms with Gasteiger partial charge in [0.15, 0.2) is 5.76 Å². The Morgan fingerprint density at radius 1 is 0.900 bits per heavy atom. The number of hydrogen-bond acceptors (Lipinski definition) is 3. The quantitative estimate of drug-likeness (QED) is 0.667. The number of ketones is 1. The first-order valence-electron chi connectivity index (χ1n) is 6.30. The zero-order valence-corrected chi connectivity index (χ0v) is 10.9. The van der Waals surface area contributed by atoms with Crippen molar-refractivity contribution in [3.63, 3.8) is 0 Å². The van der Waals surface area contributed by atoms with Crippen LogP contribution in [0.1, 0.15) is 21.7 Å². The highest BCUT2D eigenvalue weighted by Gasteiger charge is 2.18. The summed E-state index contributed by atoms with van der Waals surface area (Å²) in [7, 11) is 0. The lowest BCUT2D eigenvalue weighted by atomic mass is 10.0. The first-order valence-corrected chi connectivity index (χ1v) is 6.30. The smallest absolute Gasteiger partial charge is 0.344 e. The number of rotatable bonds is 2. The van der Waals surface area contributed by atoms with E-state index in [1.54, 1.807) is 43.3 Å². The molecule has 3 nitrogen and oxygen atoms in total. The van der Waals surface area contributed by atoms with Crippen LogP contribution in [0.15, 0.2) is 63.8 Å². The molecule has 1 heterocycles. The Labute approximate surface area is 115 Å². The predicted octanol–water partition coefficient (Wildman–Crippen LogP) is 3.33. The van der Waals surface area contributed by atoms with Crippen LogP contribution in [0.25, 0.3) is 10.8 Å². The summed E-state index contributed by atoms with van der Waals surface area (Å²) >= 11 is 0. The molecule has 0 saturated heterocycles. The molecule has 98 valence electrons. The minimum Gasteiger partial charge on any atom is -0.418 e. The van der Waals surface area contributed by atoms with Gasteiger partial charge in [-0.15, -0.1) is 0 Å². The predicted molar refractivity (Wildman–Crippen MR) is 77.1 cm³/mol. The summed E-state index contributed by atoms with van der Waals surface area (Å²) in [6.45, 7) is 1.79. The number of aryl methyl sites for hydroxylation is 1. The lowest BCUT2D eigenvalue weighted by molar-refractivity contribution is 0.100. The summed E-state index contributed by atoms with van der Waals surface area (Å²) in [4.78, 5) is 24.4. The van der Waals surface area contributed by atoms with Crippen LogP contribution in [0.4, 0.5) is 0 Å². The van der Waals surface area contributed by atoms with Crippen LogP contribution in [0.2, 0.25) is 0 Å². The summed E-state index contributed by atoms with van der Waals surface area (Å²) in [5.41, 5.74) is 0.716. The van der Waals surface area contributed by atoms with Crippen LogP contribution in [0, 0.1) is 6.92 Å². The van der Waals surface area contributed by atoms with Gasteiger partial charge in [-0.3, -0.25) is 4.79 Å². The molecular weight excluding hydrogens is 252 g/mol. The van der Waals surface area contributed by atoms with Crippen molar-refractivity contribution >= 4 is 16.6 Å². The number of fused-ring (bicyclic) bond motifs is 1. The summed E-state index contributed by atoms with van der Waals surface area (Å²) in [6, 6.07) is 15.9.